The molecule has 3 aliphatic heterocycles. The number of hydrogen-bond acceptors (Lipinski definition) is 6. The SMILES string of the molecule is Nc1cc(C2CC3CCC(C2)N3C(=O)[C@@H]2CCCN2)nc2c(-c3ccc(-c4ccccc4)nc3)cnn12. The Bertz CT molecular complexity index is 1430. The maximum absolute atomic E-state index is 13.2. The third-order valence-corrected chi connectivity index (χ3v) is 8.43. The summed E-state index contributed by atoms with van der Waals surface area (Å²) in [4.78, 5) is 25.2. The van der Waals surface area contributed by atoms with Gasteiger partial charge in [-0.3, -0.25) is 9.78 Å². The first-order chi connectivity index (χ1) is 18.2. The number of fused-ring (bicyclic) bond motifs is 3. The largest absolute Gasteiger partial charge is 0.384 e. The Labute approximate surface area is 215 Å². The molecule has 2 unspecified atom stereocenters. The van der Waals surface area contributed by atoms with Gasteiger partial charge in [0.2, 0.25) is 5.91 Å². The van der Waals surface area contributed by atoms with Crippen LogP contribution in [-0.4, -0.2) is 55.1 Å². The smallest absolute Gasteiger partial charge is 0.240 e. The van der Waals surface area contributed by atoms with Crippen molar-refractivity contribution in [2.24, 2.45) is 0 Å². The van der Waals surface area contributed by atoms with Crippen molar-refractivity contribution in [1.82, 2.24) is 29.8 Å². The van der Waals surface area contributed by atoms with E-state index in [0.29, 0.717) is 11.7 Å². The summed E-state index contributed by atoms with van der Waals surface area (Å²) in [6.07, 6.45) is 9.78. The van der Waals surface area contributed by atoms with Crippen molar-refractivity contribution in [3.8, 4) is 22.4 Å². The fourth-order valence-electron chi connectivity index (χ4n) is 6.61. The Morgan fingerprint density at radius 2 is 1.78 bits per heavy atom. The number of nitrogens with two attached hydrogens (primary N) is 1. The first-order valence-electron chi connectivity index (χ1n) is 13.4. The summed E-state index contributed by atoms with van der Waals surface area (Å²) < 4.78 is 1.71. The normalized spacial score (nSPS) is 25.1. The van der Waals surface area contributed by atoms with Gasteiger partial charge in [0, 0.05) is 52.6 Å². The molecule has 3 atom stereocenters. The van der Waals surface area contributed by atoms with Crippen LogP contribution in [0.3, 0.4) is 0 Å². The molecular formula is C29H31N7O. The molecule has 7 rings (SSSR count). The van der Waals surface area contributed by atoms with Crippen LogP contribution in [0.5, 0.6) is 0 Å². The standard InChI is InChI=1S/C29H31N7O/c30-27-15-26(20-13-21-9-10-22(14-20)35(21)29(37)25-7-4-12-31-25)34-28-23(17-33-36(27)28)19-8-11-24(32-16-19)18-5-2-1-3-6-18/h1-3,5-6,8,11,15-17,20-22,25,31H,4,7,9-10,12-14,30H2/t20?,21?,22?,25-/m0/s1. The minimum atomic E-state index is 0.000935. The maximum Gasteiger partial charge on any atom is 0.240 e. The predicted octanol–water partition coefficient (Wildman–Crippen LogP) is 4.03. The van der Waals surface area contributed by atoms with Gasteiger partial charge in [-0.25, -0.2) is 4.98 Å². The summed E-state index contributed by atoms with van der Waals surface area (Å²) in [6.45, 7) is 0.948. The molecule has 4 aromatic rings. The fraction of sp³-hybridized carbons (Fsp3) is 0.379. The van der Waals surface area contributed by atoms with Gasteiger partial charge in [0.25, 0.3) is 0 Å². The highest BCUT2D eigenvalue weighted by Crippen LogP contribution is 2.44. The highest BCUT2D eigenvalue weighted by molar-refractivity contribution is 5.83. The summed E-state index contributed by atoms with van der Waals surface area (Å²) in [5.41, 5.74) is 12.1. The number of carbonyl (C=O) groups is 1. The number of amides is 1. The van der Waals surface area contributed by atoms with Gasteiger partial charge in [-0.1, -0.05) is 36.4 Å². The quantitative estimate of drug-likeness (QED) is 0.445. The molecule has 3 saturated heterocycles. The van der Waals surface area contributed by atoms with E-state index in [-0.39, 0.29) is 24.0 Å². The van der Waals surface area contributed by atoms with E-state index in [0.717, 1.165) is 78.8 Å². The Morgan fingerprint density at radius 3 is 2.49 bits per heavy atom. The molecule has 37 heavy (non-hydrogen) atoms. The van der Waals surface area contributed by atoms with E-state index in [1.54, 1.807) is 4.52 Å². The van der Waals surface area contributed by atoms with Crippen LogP contribution < -0.4 is 11.1 Å². The summed E-state index contributed by atoms with van der Waals surface area (Å²) in [5.74, 6) is 1.17. The number of carbonyl (C=O) groups excluding carboxylic acids is 1. The number of nitrogen functional groups attached to an aromatic ring is 1. The average molecular weight is 494 g/mol. The highest BCUT2D eigenvalue weighted by atomic mass is 16.2. The van der Waals surface area contributed by atoms with Crippen molar-refractivity contribution in [1.29, 1.82) is 0 Å². The summed E-state index contributed by atoms with van der Waals surface area (Å²) >= 11 is 0. The van der Waals surface area contributed by atoms with Gasteiger partial charge in [0.1, 0.15) is 5.82 Å². The average Bonchev–Trinajstić information content (AvgIpc) is 3.68. The number of piperidine rings is 1. The van der Waals surface area contributed by atoms with Crippen LogP contribution in [0.25, 0.3) is 28.0 Å². The Kier molecular flexibility index (Phi) is 5.43. The molecule has 3 aliphatic rings. The second-order valence-corrected chi connectivity index (χ2v) is 10.6. The van der Waals surface area contributed by atoms with E-state index in [1.165, 1.54) is 0 Å². The molecule has 188 valence electrons. The van der Waals surface area contributed by atoms with E-state index < -0.39 is 0 Å². The number of aromatic nitrogens is 4. The highest BCUT2D eigenvalue weighted by Gasteiger charge is 2.45. The number of nitrogens with one attached hydrogen (secondary N) is 1. The van der Waals surface area contributed by atoms with Gasteiger partial charge < -0.3 is 16.0 Å². The molecule has 6 heterocycles. The minimum Gasteiger partial charge on any atom is -0.384 e. The van der Waals surface area contributed by atoms with Gasteiger partial charge in [-0.05, 0) is 51.1 Å². The van der Waals surface area contributed by atoms with Crippen molar-refractivity contribution < 1.29 is 4.79 Å². The fourth-order valence-corrected chi connectivity index (χ4v) is 6.61. The van der Waals surface area contributed by atoms with Gasteiger partial charge in [-0.15, -0.1) is 0 Å². The van der Waals surface area contributed by atoms with E-state index in [4.69, 9.17) is 15.7 Å². The van der Waals surface area contributed by atoms with Gasteiger partial charge in [0.15, 0.2) is 5.65 Å². The second kappa shape index (κ2) is 8.95. The van der Waals surface area contributed by atoms with Crippen molar-refractivity contribution in [2.75, 3.05) is 12.3 Å². The molecule has 0 aliphatic carbocycles. The van der Waals surface area contributed by atoms with E-state index in [2.05, 4.69) is 33.5 Å². The number of anilines is 1. The van der Waals surface area contributed by atoms with Crippen molar-refractivity contribution in [3.05, 3.63) is 66.6 Å². The molecular weight excluding hydrogens is 462 g/mol. The molecule has 0 spiro atoms. The first kappa shape index (κ1) is 22.4. The Morgan fingerprint density at radius 1 is 0.973 bits per heavy atom. The van der Waals surface area contributed by atoms with Crippen LogP contribution in [0.4, 0.5) is 5.82 Å². The van der Waals surface area contributed by atoms with Crippen LogP contribution in [0.15, 0.2) is 60.9 Å². The molecule has 3 aromatic heterocycles. The molecule has 1 aromatic carbocycles. The third-order valence-electron chi connectivity index (χ3n) is 8.43. The molecule has 3 N–H and O–H groups in total. The molecule has 0 saturated carbocycles. The van der Waals surface area contributed by atoms with Crippen LogP contribution in [0.1, 0.15) is 50.1 Å². The number of pyridine rings is 1. The molecule has 0 radical (unpaired) electrons. The van der Waals surface area contributed by atoms with Crippen molar-refractivity contribution in [3.63, 3.8) is 0 Å². The minimum absolute atomic E-state index is 0.000935. The molecule has 1 amide bonds. The summed E-state index contributed by atoms with van der Waals surface area (Å²) in [6, 6.07) is 16.8. The zero-order chi connectivity index (χ0) is 24.9. The lowest BCUT2D eigenvalue weighted by Crippen LogP contribution is -2.52. The summed E-state index contributed by atoms with van der Waals surface area (Å²) in [5, 5.41) is 7.91. The number of nitrogens with zero attached hydrogens (tertiary/aromatic N) is 5. The first-order valence-corrected chi connectivity index (χ1v) is 13.4. The molecule has 3 fully saturated rings. The summed E-state index contributed by atoms with van der Waals surface area (Å²) in [7, 11) is 0. The van der Waals surface area contributed by atoms with Crippen LogP contribution >= 0.6 is 0 Å². The third kappa shape index (κ3) is 3.87. The number of benzene rings is 1. The monoisotopic (exact) mass is 493 g/mol. The lowest BCUT2D eigenvalue weighted by Gasteiger charge is -2.40. The van der Waals surface area contributed by atoms with Crippen LogP contribution in [0, 0.1) is 0 Å². The van der Waals surface area contributed by atoms with Gasteiger partial charge in [-0.2, -0.15) is 9.61 Å². The zero-order valence-corrected chi connectivity index (χ0v) is 20.8. The topological polar surface area (TPSA) is 101 Å². The lowest BCUT2D eigenvalue weighted by atomic mass is 9.87. The van der Waals surface area contributed by atoms with E-state index in [1.807, 2.05) is 42.7 Å². The van der Waals surface area contributed by atoms with Gasteiger partial charge >= 0.3 is 0 Å². The van der Waals surface area contributed by atoms with Crippen molar-refractivity contribution >= 4 is 17.4 Å². The lowest BCUT2D eigenvalue weighted by molar-refractivity contribution is -0.137. The predicted molar refractivity (Wildman–Crippen MR) is 143 cm³/mol. The van der Waals surface area contributed by atoms with Crippen molar-refractivity contribution in [2.45, 2.75) is 62.6 Å². The van der Waals surface area contributed by atoms with E-state index in [9.17, 15) is 4.79 Å². The van der Waals surface area contributed by atoms with Crippen LogP contribution in [0.2, 0.25) is 0 Å². The second-order valence-electron chi connectivity index (χ2n) is 10.6. The van der Waals surface area contributed by atoms with Gasteiger partial charge in [0.05, 0.1) is 17.9 Å². The zero-order valence-electron chi connectivity index (χ0n) is 20.8. The number of hydrogen-bond donors (Lipinski definition) is 2. The molecule has 8 nitrogen and oxygen atoms in total. The van der Waals surface area contributed by atoms with E-state index >= 15 is 0 Å². The molecule has 2 bridgehead atoms. The van der Waals surface area contributed by atoms with Crippen LogP contribution in [-0.2, 0) is 4.79 Å². The number of rotatable bonds is 4. The Hall–Kier alpha value is -3.78. The Balaban J connectivity index is 1.17. The maximum atomic E-state index is 13.2. The molecule has 8 heteroatoms.